The number of non-ortho nitro benzene ring substituents is 1. The maximum Gasteiger partial charge on any atom is 0.290 e. The van der Waals surface area contributed by atoms with Crippen LogP contribution in [0.5, 0.6) is 11.5 Å². The van der Waals surface area contributed by atoms with E-state index >= 15 is 0 Å². The lowest BCUT2D eigenvalue weighted by Gasteiger charge is -2.25. The van der Waals surface area contributed by atoms with Crippen LogP contribution >= 0.6 is 11.6 Å². The van der Waals surface area contributed by atoms with Crippen LogP contribution in [-0.2, 0) is 6.42 Å². The fourth-order valence-corrected chi connectivity index (χ4v) is 4.81. The fraction of sp³-hybridized carbons (Fsp3) is 0.185. The van der Waals surface area contributed by atoms with Crippen molar-refractivity contribution in [2.24, 2.45) is 0 Å². The van der Waals surface area contributed by atoms with Gasteiger partial charge in [-0.25, -0.2) is 0 Å². The van der Waals surface area contributed by atoms with Gasteiger partial charge >= 0.3 is 0 Å². The van der Waals surface area contributed by atoms with Crippen LogP contribution in [0.1, 0.15) is 33.3 Å². The smallest absolute Gasteiger partial charge is 0.290 e. The van der Waals surface area contributed by atoms with Crippen LogP contribution in [-0.4, -0.2) is 36.5 Å². The van der Waals surface area contributed by atoms with Crippen LogP contribution in [0.3, 0.4) is 0 Å². The molecule has 5 rings (SSSR count). The van der Waals surface area contributed by atoms with Crippen LogP contribution in [0, 0.1) is 10.1 Å². The van der Waals surface area contributed by atoms with Gasteiger partial charge < -0.3 is 18.8 Å². The quantitative estimate of drug-likeness (QED) is 0.244. The Bertz CT molecular complexity index is 1600. The summed E-state index contributed by atoms with van der Waals surface area (Å²) < 4.78 is 16.6. The largest absolute Gasteiger partial charge is 0.493 e. The Kier molecular flexibility index (Phi) is 6.31. The number of nitro groups is 1. The summed E-state index contributed by atoms with van der Waals surface area (Å²) in [5.41, 5.74) is 1.41. The van der Waals surface area contributed by atoms with Gasteiger partial charge in [0.1, 0.15) is 5.58 Å². The first-order chi connectivity index (χ1) is 17.8. The van der Waals surface area contributed by atoms with Gasteiger partial charge in [0.15, 0.2) is 16.9 Å². The Morgan fingerprint density at radius 1 is 1.00 bits per heavy atom. The number of carbonyl (C=O) groups excluding carboxylic acids is 1. The first kappa shape index (κ1) is 24.3. The number of methoxy groups -OCH3 is 2. The van der Waals surface area contributed by atoms with Gasteiger partial charge in [0.05, 0.1) is 36.1 Å². The molecule has 0 saturated heterocycles. The second-order valence-electron chi connectivity index (χ2n) is 8.50. The Labute approximate surface area is 215 Å². The van der Waals surface area contributed by atoms with Crippen LogP contribution in [0.15, 0.2) is 69.9 Å². The average molecular weight is 521 g/mol. The molecule has 1 aliphatic heterocycles. The Hall–Kier alpha value is -4.37. The molecular formula is C27H21ClN2O7. The molecule has 188 valence electrons. The van der Waals surface area contributed by atoms with E-state index in [2.05, 4.69) is 0 Å². The molecule has 0 unspecified atom stereocenters. The van der Waals surface area contributed by atoms with E-state index in [-0.39, 0.29) is 40.0 Å². The van der Waals surface area contributed by atoms with Gasteiger partial charge in [-0.2, -0.15) is 0 Å². The number of nitrogens with zero attached hydrogens (tertiary/aromatic N) is 2. The topological polar surface area (TPSA) is 112 Å². The monoisotopic (exact) mass is 520 g/mol. The van der Waals surface area contributed by atoms with Crippen LogP contribution < -0.4 is 14.9 Å². The highest BCUT2D eigenvalue weighted by Gasteiger charge is 2.42. The number of rotatable bonds is 7. The Morgan fingerprint density at radius 2 is 1.73 bits per heavy atom. The number of nitro benzene ring substituents is 1. The molecule has 3 aromatic carbocycles. The van der Waals surface area contributed by atoms with E-state index in [1.165, 1.54) is 18.2 Å². The zero-order valence-corrected chi connectivity index (χ0v) is 20.7. The molecule has 0 aliphatic carbocycles. The molecule has 9 nitrogen and oxygen atoms in total. The number of ether oxygens (including phenoxy) is 2. The highest BCUT2D eigenvalue weighted by molar-refractivity contribution is 6.31. The van der Waals surface area contributed by atoms with Crippen molar-refractivity contribution in [2.45, 2.75) is 12.5 Å². The van der Waals surface area contributed by atoms with E-state index in [9.17, 15) is 19.7 Å². The third-order valence-corrected chi connectivity index (χ3v) is 6.67. The van der Waals surface area contributed by atoms with Gasteiger partial charge in [-0.05, 0) is 60.0 Å². The first-order valence-electron chi connectivity index (χ1n) is 11.3. The lowest BCUT2D eigenvalue weighted by molar-refractivity contribution is -0.384. The first-order valence-corrected chi connectivity index (χ1v) is 11.7. The van der Waals surface area contributed by atoms with Crippen molar-refractivity contribution in [1.82, 2.24) is 4.90 Å². The number of fused-ring (bicyclic) bond motifs is 2. The molecule has 1 aliphatic rings. The molecule has 1 aromatic heterocycles. The number of hydrogen-bond acceptors (Lipinski definition) is 7. The molecule has 0 N–H and O–H groups in total. The maximum atomic E-state index is 13.6. The van der Waals surface area contributed by atoms with Crippen LogP contribution in [0.2, 0.25) is 5.02 Å². The molecule has 0 spiro atoms. The van der Waals surface area contributed by atoms with E-state index < -0.39 is 16.9 Å². The highest BCUT2D eigenvalue weighted by atomic mass is 35.5. The molecule has 0 fully saturated rings. The highest BCUT2D eigenvalue weighted by Crippen LogP contribution is 2.39. The van der Waals surface area contributed by atoms with Gasteiger partial charge in [-0.1, -0.05) is 17.7 Å². The molecule has 4 aromatic rings. The summed E-state index contributed by atoms with van der Waals surface area (Å²) >= 11 is 6.12. The standard InChI is InChI=1S/C27H21ClN2O7/c1-35-21-9-3-15(13-22(21)36-2)11-12-29-24(16-4-7-18(8-5-16)30(33)34)23-25(31)19-14-17(28)6-10-20(19)37-26(23)27(29)32/h3-10,13-14,24H,11-12H2,1-2H3/t24-/m1/s1. The van der Waals surface area contributed by atoms with E-state index in [0.717, 1.165) is 5.56 Å². The molecule has 1 atom stereocenters. The molecular weight excluding hydrogens is 500 g/mol. The second kappa shape index (κ2) is 9.59. The molecule has 37 heavy (non-hydrogen) atoms. The summed E-state index contributed by atoms with van der Waals surface area (Å²) in [6.45, 7) is 0.247. The summed E-state index contributed by atoms with van der Waals surface area (Å²) in [4.78, 5) is 39.4. The SMILES string of the molecule is COc1ccc(CCN2C(=O)c3oc4ccc(Cl)cc4c(=O)c3[C@H]2c2ccc([N+](=O)[O-])cc2)cc1OC. The summed E-state index contributed by atoms with van der Waals surface area (Å²) in [6.07, 6.45) is 0.448. The predicted molar refractivity (Wildman–Crippen MR) is 137 cm³/mol. The maximum absolute atomic E-state index is 13.6. The van der Waals surface area contributed by atoms with Crippen molar-refractivity contribution in [3.05, 3.63) is 108 Å². The van der Waals surface area contributed by atoms with Crippen molar-refractivity contribution in [3.63, 3.8) is 0 Å². The normalized spacial score (nSPS) is 14.6. The van der Waals surface area contributed by atoms with Crippen molar-refractivity contribution in [1.29, 1.82) is 0 Å². The number of halogens is 1. The third-order valence-electron chi connectivity index (χ3n) is 6.44. The zero-order chi connectivity index (χ0) is 26.3. The lowest BCUT2D eigenvalue weighted by Crippen LogP contribution is -2.31. The second-order valence-corrected chi connectivity index (χ2v) is 8.94. The summed E-state index contributed by atoms with van der Waals surface area (Å²) in [6, 6.07) is 15.1. The van der Waals surface area contributed by atoms with E-state index in [1.807, 2.05) is 12.1 Å². The van der Waals surface area contributed by atoms with Gasteiger partial charge in [0.2, 0.25) is 5.76 Å². The van der Waals surface area contributed by atoms with Crippen molar-refractivity contribution in [3.8, 4) is 11.5 Å². The number of benzene rings is 3. The van der Waals surface area contributed by atoms with Gasteiger partial charge in [0.25, 0.3) is 11.6 Å². The average Bonchev–Trinajstić information content (AvgIpc) is 3.19. The summed E-state index contributed by atoms with van der Waals surface area (Å²) in [7, 11) is 3.09. The molecule has 2 heterocycles. The van der Waals surface area contributed by atoms with Gasteiger partial charge in [-0.15, -0.1) is 0 Å². The van der Waals surface area contributed by atoms with Gasteiger partial charge in [-0.3, -0.25) is 19.7 Å². The fourth-order valence-electron chi connectivity index (χ4n) is 4.63. The molecule has 0 radical (unpaired) electrons. The summed E-state index contributed by atoms with van der Waals surface area (Å²) in [5, 5.41) is 11.8. The third kappa shape index (κ3) is 4.27. The Morgan fingerprint density at radius 3 is 2.41 bits per heavy atom. The van der Waals surface area contributed by atoms with Crippen LogP contribution in [0.4, 0.5) is 5.69 Å². The van der Waals surface area contributed by atoms with Crippen molar-refractivity contribution < 1.29 is 23.6 Å². The van der Waals surface area contributed by atoms with Gasteiger partial charge in [0, 0.05) is 23.7 Å². The minimum Gasteiger partial charge on any atom is -0.493 e. The van der Waals surface area contributed by atoms with Crippen molar-refractivity contribution >= 4 is 34.2 Å². The van der Waals surface area contributed by atoms with E-state index in [0.29, 0.717) is 28.5 Å². The zero-order valence-electron chi connectivity index (χ0n) is 19.9. The predicted octanol–water partition coefficient (Wildman–Crippen LogP) is 5.16. The van der Waals surface area contributed by atoms with Crippen LogP contribution in [0.25, 0.3) is 11.0 Å². The summed E-state index contributed by atoms with van der Waals surface area (Å²) in [5.74, 6) is 0.658. The number of carbonyl (C=O) groups is 1. The molecule has 1 amide bonds. The minimum atomic E-state index is -0.789. The Balaban J connectivity index is 1.59. The number of amides is 1. The van der Waals surface area contributed by atoms with E-state index in [4.69, 9.17) is 25.5 Å². The lowest BCUT2D eigenvalue weighted by atomic mass is 9.98. The van der Waals surface area contributed by atoms with E-state index in [1.54, 1.807) is 49.5 Å². The number of hydrogen-bond donors (Lipinski definition) is 0. The minimum absolute atomic E-state index is 0.0458. The molecule has 10 heteroatoms. The molecule has 0 bridgehead atoms. The molecule has 0 saturated carbocycles. The van der Waals surface area contributed by atoms with Crippen molar-refractivity contribution in [2.75, 3.05) is 20.8 Å².